The SMILES string of the molecule is CC(=O)CCCCC1SCC2NC(=O)NC21O. The van der Waals surface area contributed by atoms with E-state index in [9.17, 15) is 14.7 Å². The molecule has 0 spiro atoms. The number of unbranched alkanes of at least 4 members (excludes halogenated alkanes) is 1. The second kappa shape index (κ2) is 4.86. The maximum atomic E-state index is 11.2. The summed E-state index contributed by atoms with van der Waals surface area (Å²) in [5, 5.41) is 15.7. The molecular formula is C11H18N2O3S. The summed E-state index contributed by atoms with van der Waals surface area (Å²) in [5.74, 6) is 0.948. The van der Waals surface area contributed by atoms with Gasteiger partial charge in [-0.2, -0.15) is 11.8 Å². The molecule has 17 heavy (non-hydrogen) atoms. The molecule has 2 amide bonds. The third kappa shape index (κ3) is 2.57. The fourth-order valence-corrected chi connectivity index (χ4v) is 3.97. The number of Topliss-reactive ketones (excluding diaryl/α,β-unsaturated/α-hetero) is 1. The standard InChI is InChI=1S/C11H18N2O3S/c1-7(14)4-2-3-5-9-11(16)8(6-17-9)12-10(15)13-11/h8-9,16H,2-6H2,1H3,(H2,12,13,15). The molecule has 2 heterocycles. The van der Waals surface area contributed by atoms with Gasteiger partial charge < -0.3 is 20.5 Å². The summed E-state index contributed by atoms with van der Waals surface area (Å²) < 4.78 is 0. The molecule has 0 aliphatic carbocycles. The third-order valence-electron chi connectivity index (χ3n) is 3.35. The molecular weight excluding hydrogens is 240 g/mol. The minimum atomic E-state index is -1.10. The maximum absolute atomic E-state index is 11.2. The van der Waals surface area contributed by atoms with Gasteiger partial charge in [0.1, 0.15) is 5.78 Å². The molecule has 96 valence electrons. The first kappa shape index (κ1) is 12.7. The minimum Gasteiger partial charge on any atom is -0.368 e. The Hall–Kier alpha value is -0.750. The van der Waals surface area contributed by atoms with Gasteiger partial charge >= 0.3 is 6.03 Å². The van der Waals surface area contributed by atoms with E-state index < -0.39 is 5.72 Å². The molecule has 0 bridgehead atoms. The second-order valence-corrected chi connectivity index (χ2v) is 5.98. The monoisotopic (exact) mass is 258 g/mol. The zero-order chi connectivity index (χ0) is 12.5. The number of carbonyl (C=O) groups is 2. The largest absolute Gasteiger partial charge is 0.368 e. The van der Waals surface area contributed by atoms with Gasteiger partial charge in [0.05, 0.1) is 11.3 Å². The number of nitrogens with one attached hydrogen (secondary N) is 2. The first-order valence-electron chi connectivity index (χ1n) is 5.94. The van der Waals surface area contributed by atoms with E-state index in [1.807, 2.05) is 0 Å². The molecule has 0 aromatic rings. The van der Waals surface area contributed by atoms with Gasteiger partial charge in [-0.05, 0) is 19.8 Å². The van der Waals surface area contributed by atoms with Crippen LogP contribution >= 0.6 is 11.8 Å². The third-order valence-corrected chi connectivity index (χ3v) is 4.87. The molecule has 2 aliphatic heterocycles. The molecule has 6 heteroatoms. The summed E-state index contributed by atoms with van der Waals surface area (Å²) >= 11 is 1.68. The van der Waals surface area contributed by atoms with Gasteiger partial charge in [-0.1, -0.05) is 6.42 Å². The molecule has 3 atom stereocenters. The van der Waals surface area contributed by atoms with Crippen molar-refractivity contribution in [3.05, 3.63) is 0 Å². The molecule has 2 rings (SSSR count). The molecule has 0 aromatic carbocycles. The summed E-state index contributed by atoms with van der Waals surface area (Å²) in [6, 6.07) is -0.468. The number of ketones is 1. The van der Waals surface area contributed by atoms with Gasteiger partial charge in [-0.15, -0.1) is 0 Å². The molecule has 2 fully saturated rings. The van der Waals surface area contributed by atoms with Crippen LogP contribution in [0.4, 0.5) is 4.79 Å². The van der Waals surface area contributed by atoms with Gasteiger partial charge in [0, 0.05) is 12.2 Å². The van der Waals surface area contributed by atoms with E-state index in [0.29, 0.717) is 6.42 Å². The Morgan fingerprint density at radius 2 is 2.35 bits per heavy atom. The lowest BCUT2D eigenvalue weighted by Crippen LogP contribution is -2.53. The molecule has 3 N–H and O–H groups in total. The van der Waals surface area contributed by atoms with E-state index in [1.165, 1.54) is 0 Å². The van der Waals surface area contributed by atoms with Gasteiger partial charge in [0.15, 0.2) is 5.72 Å². The van der Waals surface area contributed by atoms with Crippen LogP contribution in [0.3, 0.4) is 0 Å². The minimum absolute atomic E-state index is 0.0263. The van der Waals surface area contributed by atoms with Gasteiger partial charge in [-0.3, -0.25) is 0 Å². The predicted molar refractivity (Wildman–Crippen MR) is 65.8 cm³/mol. The lowest BCUT2D eigenvalue weighted by Gasteiger charge is -2.27. The van der Waals surface area contributed by atoms with Crippen molar-refractivity contribution in [2.24, 2.45) is 0 Å². The molecule has 0 radical (unpaired) electrons. The molecule has 0 saturated carbocycles. The van der Waals surface area contributed by atoms with Crippen LogP contribution in [-0.4, -0.2) is 39.7 Å². The van der Waals surface area contributed by atoms with Crippen LogP contribution < -0.4 is 10.6 Å². The normalized spacial score (nSPS) is 35.3. The predicted octanol–water partition coefficient (Wildman–Crippen LogP) is 0.621. The highest BCUT2D eigenvalue weighted by Gasteiger charge is 2.55. The number of rotatable bonds is 5. The Balaban J connectivity index is 1.82. The van der Waals surface area contributed by atoms with E-state index >= 15 is 0 Å². The van der Waals surface area contributed by atoms with Gasteiger partial charge in [0.2, 0.25) is 0 Å². The van der Waals surface area contributed by atoms with Crippen LogP contribution in [0.5, 0.6) is 0 Å². The Morgan fingerprint density at radius 1 is 1.59 bits per heavy atom. The fourth-order valence-electron chi connectivity index (χ4n) is 2.39. The smallest absolute Gasteiger partial charge is 0.317 e. The van der Waals surface area contributed by atoms with Crippen LogP contribution in [-0.2, 0) is 4.79 Å². The quantitative estimate of drug-likeness (QED) is 0.499. The highest BCUT2D eigenvalue weighted by molar-refractivity contribution is 8.00. The van der Waals surface area contributed by atoms with Crippen LogP contribution in [0, 0.1) is 0 Å². The highest BCUT2D eigenvalue weighted by Crippen LogP contribution is 2.39. The van der Waals surface area contributed by atoms with E-state index in [4.69, 9.17) is 0 Å². The van der Waals surface area contributed by atoms with Crippen LogP contribution in [0.25, 0.3) is 0 Å². The van der Waals surface area contributed by atoms with Crippen molar-refractivity contribution in [1.82, 2.24) is 10.6 Å². The summed E-state index contributed by atoms with van der Waals surface area (Å²) in [6.45, 7) is 1.59. The maximum Gasteiger partial charge on any atom is 0.317 e. The van der Waals surface area contributed by atoms with Gasteiger partial charge in [-0.25, -0.2) is 4.79 Å². The van der Waals surface area contributed by atoms with Gasteiger partial charge in [0.25, 0.3) is 0 Å². The van der Waals surface area contributed by atoms with Crippen molar-refractivity contribution in [2.45, 2.75) is 49.6 Å². The van der Waals surface area contributed by atoms with E-state index in [1.54, 1.807) is 18.7 Å². The number of fused-ring (bicyclic) bond motifs is 1. The summed E-state index contributed by atoms with van der Waals surface area (Å²) in [4.78, 5) is 22.0. The zero-order valence-corrected chi connectivity index (χ0v) is 10.7. The Labute approximate surface area is 105 Å². The zero-order valence-electron chi connectivity index (χ0n) is 9.86. The highest BCUT2D eigenvalue weighted by atomic mass is 32.2. The number of carbonyl (C=O) groups excluding carboxylic acids is 2. The molecule has 2 saturated heterocycles. The van der Waals surface area contributed by atoms with Crippen molar-refractivity contribution in [3.63, 3.8) is 0 Å². The van der Waals surface area contributed by atoms with Crippen molar-refractivity contribution < 1.29 is 14.7 Å². The average Bonchev–Trinajstić information content (AvgIpc) is 2.66. The van der Waals surface area contributed by atoms with E-state index in [2.05, 4.69) is 10.6 Å². The Kier molecular flexibility index (Phi) is 3.63. The van der Waals surface area contributed by atoms with Crippen molar-refractivity contribution in [2.75, 3.05) is 5.75 Å². The van der Waals surface area contributed by atoms with Crippen LogP contribution in [0.2, 0.25) is 0 Å². The number of hydrogen-bond donors (Lipinski definition) is 3. The lowest BCUT2D eigenvalue weighted by molar-refractivity contribution is -0.117. The first-order valence-corrected chi connectivity index (χ1v) is 6.99. The van der Waals surface area contributed by atoms with Crippen LogP contribution in [0.15, 0.2) is 0 Å². The Bertz CT molecular complexity index is 337. The number of amides is 2. The van der Waals surface area contributed by atoms with E-state index in [-0.39, 0.29) is 23.1 Å². The average molecular weight is 258 g/mol. The molecule has 0 aromatic heterocycles. The molecule has 2 aliphatic rings. The van der Waals surface area contributed by atoms with Crippen molar-refractivity contribution in [1.29, 1.82) is 0 Å². The summed E-state index contributed by atoms with van der Waals surface area (Å²) in [5.41, 5.74) is -1.10. The van der Waals surface area contributed by atoms with Crippen LogP contribution in [0.1, 0.15) is 32.6 Å². The van der Waals surface area contributed by atoms with Crippen molar-refractivity contribution in [3.8, 4) is 0 Å². The summed E-state index contributed by atoms with van der Waals surface area (Å²) in [7, 11) is 0. The number of hydrogen-bond acceptors (Lipinski definition) is 4. The number of thioether (sulfide) groups is 1. The lowest BCUT2D eigenvalue weighted by atomic mass is 9.98. The fraction of sp³-hybridized carbons (Fsp3) is 0.818. The Morgan fingerprint density at radius 3 is 3.06 bits per heavy atom. The molecule has 3 unspecified atom stereocenters. The molecule has 5 nitrogen and oxygen atoms in total. The number of urea groups is 1. The van der Waals surface area contributed by atoms with Crippen molar-refractivity contribution >= 4 is 23.6 Å². The number of aliphatic hydroxyl groups is 1. The first-order chi connectivity index (χ1) is 8.02. The summed E-state index contributed by atoms with van der Waals surface area (Å²) in [6.07, 6.45) is 3.19. The van der Waals surface area contributed by atoms with E-state index in [0.717, 1.165) is 25.0 Å². The topological polar surface area (TPSA) is 78.4 Å². The second-order valence-electron chi connectivity index (χ2n) is 4.75.